The van der Waals surface area contributed by atoms with Crippen molar-refractivity contribution in [2.45, 2.75) is 12.6 Å². The van der Waals surface area contributed by atoms with Crippen LogP contribution in [0.4, 0.5) is 4.39 Å². The molecule has 4 nitrogen and oxygen atoms in total. The molecule has 112 valence electrons. The Kier molecular flexibility index (Phi) is 3.89. The van der Waals surface area contributed by atoms with E-state index >= 15 is 0 Å². The van der Waals surface area contributed by atoms with Crippen LogP contribution in [0.3, 0.4) is 0 Å². The first-order valence-electron chi connectivity index (χ1n) is 6.82. The number of nitrogens with one attached hydrogen (secondary N) is 1. The quantitative estimate of drug-likeness (QED) is 0.757. The number of rotatable bonds is 5. The molecular weight excluding hydrogens is 285 g/mol. The molecule has 0 spiro atoms. The molecule has 2 aromatic carbocycles. The Hall–Kier alpha value is -2.66. The van der Waals surface area contributed by atoms with E-state index in [2.05, 4.69) is 5.32 Å². The molecule has 3 rings (SSSR count). The lowest BCUT2D eigenvalue weighted by atomic mass is 10.1. The van der Waals surface area contributed by atoms with Crippen molar-refractivity contribution >= 4 is 16.9 Å². The van der Waals surface area contributed by atoms with Crippen molar-refractivity contribution in [3.8, 4) is 0 Å². The number of hydrogen-bond acceptors (Lipinski definition) is 3. The Labute approximate surface area is 126 Å². The third-order valence-corrected chi connectivity index (χ3v) is 3.49. The van der Waals surface area contributed by atoms with Crippen LogP contribution in [0, 0.1) is 5.82 Å². The Bertz CT molecular complexity index is 812. The molecule has 2 N–H and O–H groups in total. The van der Waals surface area contributed by atoms with Gasteiger partial charge in [-0.1, -0.05) is 24.3 Å². The summed E-state index contributed by atoms with van der Waals surface area (Å²) in [6.45, 7) is 0.312. The van der Waals surface area contributed by atoms with Gasteiger partial charge in [-0.05, 0) is 29.8 Å². The zero-order valence-corrected chi connectivity index (χ0v) is 11.6. The van der Waals surface area contributed by atoms with Gasteiger partial charge >= 0.3 is 5.97 Å². The predicted octanol–water partition coefficient (Wildman–Crippen LogP) is 3.49. The highest BCUT2D eigenvalue weighted by atomic mass is 19.1. The molecule has 0 bridgehead atoms. The normalized spacial score (nSPS) is 12.4. The minimum atomic E-state index is -1.12. The van der Waals surface area contributed by atoms with Crippen LogP contribution >= 0.6 is 0 Å². The van der Waals surface area contributed by atoms with Crippen LogP contribution in [-0.4, -0.2) is 11.1 Å². The largest absolute Gasteiger partial charge is 0.480 e. The summed E-state index contributed by atoms with van der Waals surface area (Å²) < 4.78 is 19.0. The molecule has 0 amide bonds. The number of benzene rings is 2. The summed E-state index contributed by atoms with van der Waals surface area (Å²) in [7, 11) is 0. The van der Waals surface area contributed by atoms with E-state index in [1.54, 1.807) is 12.3 Å². The molecule has 0 saturated carbocycles. The van der Waals surface area contributed by atoms with Gasteiger partial charge in [-0.15, -0.1) is 0 Å². The number of aliphatic carboxylic acids is 1. The first kappa shape index (κ1) is 14.3. The molecule has 0 aliphatic rings. The molecular formula is C17H14FNO3. The maximum Gasteiger partial charge on any atom is 0.325 e. The van der Waals surface area contributed by atoms with Gasteiger partial charge in [0.15, 0.2) is 0 Å². The summed E-state index contributed by atoms with van der Waals surface area (Å²) >= 11 is 0. The fourth-order valence-electron chi connectivity index (χ4n) is 2.39. The Morgan fingerprint density at radius 3 is 2.82 bits per heavy atom. The second-order valence-electron chi connectivity index (χ2n) is 4.97. The van der Waals surface area contributed by atoms with E-state index in [0.717, 1.165) is 16.5 Å². The first-order chi connectivity index (χ1) is 10.6. The molecule has 0 aliphatic heterocycles. The SMILES string of the molecule is O=C(O)C(NCc1ccc2occc2c1)c1ccccc1F. The smallest absolute Gasteiger partial charge is 0.325 e. The van der Waals surface area contributed by atoms with Crippen LogP contribution in [0.5, 0.6) is 0 Å². The minimum Gasteiger partial charge on any atom is -0.480 e. The average molecular weight is 299 g/mol. The third kappa shape index (κ3) is 2.84. The number of carbonyl (C=O) groups is 1. The summed E-state index contributed by atoms with van der Waals surface area (Å²) in [5, 5.41) is 13.1. The summed E-state index contributed by atoms with van der Waals surface area (Å²) in [6, 6.07) is 12.2. The molecule has 5 heteroatoms. The lowest BCUT2D eigenvalue weighted by molar-refractivity contribution is -0.139. The van der Waals surface area contributed by atoms with E-state index in [9.17, 15) is 14.3 Å². The van der Waals surface area contributed by atoms with Gasteiger partial charge in [-0.2, -0.15) is 0 Å². The fraction of sp³-hybridized carbons (Fsp3) is 0.118. The summed E-state index contributed by atoms with van der Waals surface area (Å²) in [5.41, 5.74) is 1.79. The van der Waals surface area contributed by atoms with Crippen LogP contribution in [0.25, 0.3) is 11.0 Å². The van der Waals surface area contributed by atoms with Crippen molar-refractivity contribution in [2.24, 2.45) is 0 Å². The van der Waals surface area contributed by atoms with Crippen molar-refractivity contribution in [3.05, 3.63) is 71.7 Å². The third-order valence-electron chi connectivity index (χ3n) is 3.49. The maximum absolute atomic E-state index is 13.8. The van der Waals surface area contributed by atoms with E-state index in [4.69, 9.17) is 4.42 Å². The van der Waals surface area contributed by atoms with E-state index in [1.807, 2.05) is 24.3 Å². The molecule has 1 aromatic heterocycles. The number of carboxylic acids is 1. The first-order valence-corrected chi connectivity index (χ1v) is 6.82. The standard InChI is InChI=1S/C17H14FNO3/c18-14-4-2-1-3-13(14)16(17(20)21)19-10-11-5-6-15-12(9-11)7-8-22-15/h1-9,16,19H,10H2,(H,20,21). The van der Waals surface area contributed by atoms with Crippen LogP contribution in [-0.2, 0) is 11.3 Å². The van der Waals surface area contributed by atoms with Crippen molar-refractivity contribution in [3.63, 3.8) is 0 Å². The fourth-order valence-corrected chi connectivity index (χ4v) is 2.39. The van der Waals surface area contributed by atoms with Crippen molar-refractivity contribution in [1.82, 2.24) is 5.32 Å². The van der Waals surface area contributed by atoms with E-state index in [1.165, 1.54) is 18.2 Å². The van der Waals surface area contributed by atoms with E-state index in [-0.39, 0.29) is 5.56 Å². The highest BCUT2D eigenvalue weighted by Gasteiger charge is 2.22. The van der Waals surface area contributed by atoms with Gasteiger partial charge in [-0.25, -0.2) is 4.39 Å². The molecule has 0 saturated heterocycles. The zero-order chi connectivity index (χ0) is 15.5. The van der Waals surface area contributed by atoms with Gasteiger partial charge in [0.25, 0.3) is 0 Å². The zero-order valence-electron chi connectivity index (χ0n) is 11.6. The summed E-state index contributed by atoms with van der Waals surface area (Å²) in [6.07, 6.45) is 1.60. The Morgan fingerprint density at radius 1 is 1.23 bits per heavy atom. The van der Waals surface area contributed by atoms with Crippen LogP contribution in [0.2, 0.25) is 0 Å². The van der Waals surface area contributed by atoms with E-state index in [0.29, 0.717) is 6.54 Å². The lowest BCUT2D eigenvalue weighted by Gasteiger charge is -2.15. The van der Waals surface area contributed by atoms with E-state index < -0.39 is 17.8 Å². The van der Waals surface area contributed by atoms with Gasteiger partial charge in [-0.3, -0.25) is 10.1 Å². The number of halogens is 1. The molecule has 1 heterocycles. The summed E-state index contributed by atoms with van der Waals surface area (Å²) in [5.74, 6) is -1.65. The van der Waals surface area contributed by atoms with Gasteiger partial charge in [0, 0.05) is 17.5 Å². The van der Waals surface area contributed by atoms with Crippen LogP contribution in [0.1, 0.15) is 17.2 Å². The van der Waals surface area contributed by atoms with Crippen LogP contribution < -0.4 is 5.32 Å². The maximum atomic E-state index is 13.8. The second-order valence-corrected chi connectivity index (χ2v) is 4.97. The van der Waals surface area contributed by atoms with Crippen LogP contribution in [0.15, 0.2) is 59.2 Å². The topological polar surface area (TPSA) is 62.5 Å². The molecule has 22 heavy (non-hydrogen) atoms. The number of hydrogen-bond donors (Lipinski definition) is 2. The van der Waals surface area contributed by atoms with Crippen molar-refractivity contribution < 1.29 is 18.7 Å². The van der Waals surface area contributed by atoms with Crippen molar-refractivity contribution in [1.29, 1.82) is 0 Å². The average Bonchev–Trinajstić information content (AvgIpc) is 2.96. The highest BCUT2D eigenvalue weighted by Crippen LogP contribution is 2.20. The number of carboxylic acid groups (broad SMARTS) is 1. The minimum absolute atomic E-state index is 0.124. The molecule has 0 fully saturated rings. The number of furan rings is 1. The van der Waals surface area contributed by atoms with Gasteiger partial charge in [0.1, 0.15) is 17.4 Å². The van der Waals surface area contributed by atoms with Gasteiger partial charge < -0.3 is 9.52 Å². The Morgan fingerprint density at radius 2 is 2.05 bits per heavy atom. The molecule has 1 atom stereocenters. The highest BCUT2D eigenvalue weighted by molar-refractivity contribution is 5.78. The van der Waals surface area contributed by atoms with Gasteiger partial charge in [0.2, 0.25) is 0 Å². The second kappa shape index (κ2) is 5.99. The summed E-state index contributed by atoms with van der Waals surface area (Å²) in [4.78, 5) is 11.4. The predicted molar refractivity (Wildman–Crippen MR) is 79.8 cm³/mol. The molecule has 0 aliphatic carbocycles. The molecule has 0 radical (unpaired) electrons. The lowest BCUT2D eigenvalue weighted by Crippen LogP contribution is -2.28. The Balaban J connectivity index is 1.80. The monoisotopic (exact) mass is 299 g/mol. The molecule has 1 unspecified atom stereocenters. The van der Waals surface area contributed by atoms with Gasteiger partial charge in [0.05, 0.1) is 6.26 Å². The molecule has 3 aromatic rings. The number of fused-ring (bicyclic) bond motifs is 1. The van der Waals surface area contributed by atoms with Crippen molar-refractivity contribution in [2.75, 3.05) is 0 Å².